The highest BCUT2D eigenvalue weighted by molar-refractivity contribution is 5.19. The van der Waals surface area contributed by atoms with Crippen molar-refractivity contribution in [1.82, 2.24) is 5.32 Å². The van der Waals surface area contributed by atoms with Gasteiger partial charge in [-0.2, -0.15) is 0 Å². The smallest absolute Gasteiger partial charge is 0.0742 e. The van der Waals surface area contributed by atoms with Crippen LogP contribution in [0.5, 0.6) is 0 Å². The Balaban J connectivity index is 2.00. The van der Waals surface area contributed by atoms with Gasteiger partial charge in [0, 0.05) is 0 Å². The van der Waals surface area contributed by atoms with Gasteiger partial charge >= 0.3 is 0 Å². The molecule has 0 heterocycles. The van der Waals surface area contributed by atoms with E-state index in [0.29, 0.717) is 16.2 Å². The molecule has 0 saturated heterocycles. The Labute approximate surface area is 106 Å². The molecule has 94 valence electrons. The normalized spacial score (nSPS) is 53.4. The van der Waals surface area contributed by atoms with Gasteiger partial charge in [0.05, 0.1) is 6.04 Å². The fourth-order valence-corrected chi connectivity index (χ4v) is 6.42. The standard InChI is InChI=1S/C16H25N/c1-5-13(17-4)16-8-12-6-14(2,10-16)9-15(3,7-12)11-16/h1,12-13,17H,6-11H2,2-4H3. The van der Waals surface area contributed by atoms with E-state index in [1.54, 1.807) is 0 Å². The van der Waals surface area contributed by atoms with Crippen LogP contribution in [-0.2, 0) is 0 Å². The molecule has 0 aromatic carbocycles. The van der Waals surface area contributed by atoms with Gasteiger partial charge in [0.25, 0.3) is 0 Å². The zero-order chi connectivity index (χ0) is 12.3. The minimum absolute atomic E-state index is 0.282. The second-order valence-electron chi connectivity index (χ2n) is 7.88. The van der Waals surface area contributed by atoms with E-state index in [1.807, 2.05) is 7.05 Å². The maximum absolute atomic E-state index is 5.78. The van der Waals surface area contributed by atoms with Crippen molar-refractivity contribution in [2.75, 3.05) is 7.05 Å². The summed E-state index contributed by atoms with van der Waals surface area (Å²) >= 11 is 0. The first-order chi connectivity index (χ1) is 7.93. The van der Waals surface area contributed by atoms with Gasteiger partial charge in [-0.05, 0) is 67.7 Å². The second kappa shape index (κ2) is 3.29. The van der Waals surface area contributed by atoms with E-state index in [0.717, 1.165) is 5.92 Å². The van der Waals surface area contributed by atoms with Gasteiger partial charge in [0.1, 0.15) is 0 Å². The molecule has 1 heteroatoms. The molecule has 4 bridgehead atoms. The number of terminal acetylenes is 1. The molecular formula is C16H25N. The average Bonchev–Trinajstić information content (AvgIpc) is 2.12. The molecule has 17 heavy (non-hydrogen) atoms. The average molecular weight is 231 g/mol. The van der Waals surface area contributed by atoms with E-state index in [9.17, 15) is 0 Å². The molecule has 1 nitrogen and oxygen atoms in total. The lowest BCUT2D eigenvalue weighted by Gasteiger charge is -2.66. The summed E-state index contributed by atoms with van der Waals surface area (Å²) in [5, 5.41) is 3.41. The Morgan fingerprint density at radius 3 is 2.12 bits per heavy atom. The predicted octanol–water partition coefficient (Wildman–Crippen LogP) is 3.20. The largest absolute Gasteiger partial charge is 0.306 e. The van der Waals surface area contributed by atoms with Crippen molar-refractivity contribution in [2.24, 2.45) is 22.2 Å². The van der Waals surface area contributed by atoms with Crippen LogP contribution in [0, 0.1) is 34.5 Å². The number of rotatable bonds is 2. The van der Waals surface area contributed by atoms with Gasteiger partial charge in [0.15, 0.2) is 0 Å². The van der Waals surface area contributed by atoms with Crippen LogP contribution in [0.25, 0.3) is 0 Å². The topological polar surface area (TPSA) is 12.0 Å². The summed E-state index contributed by atoms with van der Waals surface area (Å²) in [6, 6.07) is 0.282. The molecule has 0 spiro atoms. The van der Waals surface area contributed by atoms with Crippen LogP contribution < -0.4 is 5.32 Å². The maximum atomic E-state index is 5.78. The molecule has 0 aliphatic heterocycles. The molecule has 4 rings (SSSR count). The molecule has 0 aromatic heterocycles. The Morgan fingerprint density at radius 1 is 1.12 bits per heavy atom. The third kappa shape index (κ3) is 1.57. The van der Waals surface area contributed by atoms with Crippen molar-refractivity contribution >= 4 is 0 Å². The van der Waals surface area contributed by atoms with Crippen molar-refractivity contribution in [3.8, 4) is 12.3 Å². The minimum Gasteiger partial charge on any atom is -0.306 e. The van der Waals surface area contributed by atoms with Gasteiger partial charge in [0.2, 0.25) is 0 Å². The first-order valence-electron chi connectivity index (χ1n) is 7.06. The van der Waals surface area contributed by atoms with Crippen molar-refractivity contribution in [2.45, 2.75) is 58.4 Å². The van der Waals surface area contributed by atoms with Crippen LogP contribution in [0.3, 0.4) is 0 Å². The molecule has 4 fully saturated rings. The Hall–Kier alpha value is -0.480. The van der Waals surface area contributed by atoms with E-state index >= 15 is 0 Å². The van der Waals surface area contributed by atoms with E-state index in [2.05, 4.69) is 25.1 Å². The number of nitrogens with one attached hydrogen (secondary N) is 1. The summed E-state index contributed by atoms with van der Waals surface area (Å²) in [6.45, 7) is 5.02. The van der Waals surface area contributed by atoms with Crippen LogP contribution in [0.1, 0.15) is 52.4 Å². The lowest BCUT2D eigenvalue weighted by Crippen LogP contribution is -2.60. The van der Waals surface area contributed by atoms with Crippen LogP contribution >= 0.6 is 0 Å². The summed E-state index contributed by atoms with van der Waals surface area (Å²) in [5.74, 6) is 3.97. The van der Waals surface area contributed by atoms with Crippen LogP contribution in [0.2, 0.25) is 0 Å². The molecule has 0 radical (unpaired) electrons. The summed E-state index contributed by atoms with van der Waals surface area (Å²) in [6.07, 6.45) is 14.2. The molecule has 4 saturated carbocycles. The van der Waals surface area contributed by atoms with Gasteiger partial charge < -0.3 is 5.32 Å². The zero-order valence-corrected chi connectivity index (χ0v) is 11.5. The predicted molar refractivity (Wildman–Crippen MR) is 71.5 cm³/mol. The van der Waals surface area contributed by atoms with E-state index < -0.39 is 0 Å². The Kier molecular flexibility index (Phi) is 2.25. The molecule has 1 N–H and O–H groups in total. The second-order valence-corrected chi connectivity index (χ2v) is 7.88. The van der Waals surface area contributed by atoms with E-state index in [-0.39, 0.29) is 6.04 Å². The maximum Gasteiger partial charge on any atom is 0.0742 e. The fraction of sp³-hybridized carbons (Fsp3) is 0.875. The van der Waals surface area contributed by atoms with Gasteiger partial charge in [-0.1, -0.05) is 19.8 Å². The summed E-state index contributed by atoms with van der Waals surface area (Å²) in [4.78, 5) is 0. The molecule has 4 aliphatic carbocycles. The monoisotopic (exact) mass is 231 g/mol. The Bertz CT molecular complexity index is 359. The lowest BCUT2D eigenvalue weighted by atomic mass is 9.39. The SMILES string of the molecule is C#CC(NC)C12CC3CC(C)(CC(C)(C3)C1)C2. The van der Waals surface area contributed by atoms with Crippen molar-refractivity contribution in [1.29, 1.82) is 0 Å². The zero-order valence-electron chi connectivity index (χ0n) is 11.5. The molecule has 3 atom stereocenters. The lowest BCUT2D eigenvalue weighted by molar-refractivity contribution is -0.150. The summed E-state index contributed by atoms with van der Waals surface area (Å²) < 4.78 is 0. The van der Waals surface area contributed by atoms with Gasteiger partial charge in [-0.3, -0.25) is 0 Å². The number of hydrogen-bond donors (Lipinski definition) is 1. The van der Waals surface area contributed by atoms with Crippen molar-refractivity contribution < 1.29 is 0 Å². The Morgan fingerprint density at radius 2 is 1.71 bits per heavy atom. The minimum atomic E-state index is 0.282. The molecule has 0 amide bonds. The van der Waals surface area contributed by atoms with Crippen LogP contribution in [0.4, 0.5) is 0 Å². The van der Waals surface area contributed by atoms with Gasteiger partial charge in [-0.25, -0.2) is 0 Å². The fourth-order valence-electron chi connectivity index (χ4n) is 6.42. The third-order valence-corrected chi connectivity index (χ3v) is 5.74. The summed E-state index contributed by atoms with van der Waals surface area (Å²) in [7, 11) is 2.04. The molecule has 3 unspecified atom stereocenters. The van der Waals surface area contributed by atoms with Crippen molar-refractivity contribution in [3.63, 3.8) is 0 Å². The van der Waals surface area contributed by atoms with Gasteiger partial charge in [-0.15, -0.1) is 6.42 Å². The number of hydrogen-bond acceptors (Lipinski definition) is 1. The van der Waals surface area contributed by atoms with Crippen molar-refractivity contribution in [3.05, 3.63) is 0 Å². The van der Waals surface area contributed by atoms with Crippen LogP contribution in [-0.4, -0.2) is 13.1 Å². The third-order valence-electron chi connectivity index (χ3n) is 5.74. The highest BCUT2D eigenvalue weighted by Crippen LogP contribution is 2.70. The highest BCUT2D eigenvalue weighted by atomic mass is 14.9. The first-order valence-corrected chi connectivity index (χ1v) is 7.06. The van der Waals surface area contributed by atoms with E-state index in [1.165, 1.54) is 38.5 Å². The highest BCUT2D eigenvalue weighted by Gasteiger charge is 2.61. The molecule has 0 aromatic rings. The molecule has 4 aliphatic rings. The van der Waals surface area contributed by atoms with E-state index in [4.69, 9.17) is 6.42 Å². The summed E-state index contributed by atoms with van der Waals surface area (Å²) in [5.41, 5.74) is 1.53. The molecular weight excluding hydrogens is 206 g/mol. The quantitative estimate of drug-likeness (QED) is 0.720. The van der Waals surface area contributed by atoms with Crippen LogP contribution in [0.15, 0.2) is 0 Å². The first kappa shape index (κ1) is 11.6.